The number of carbonyl (C=O) groups is 11. The van der Waals surface area contributed by atoms with Crippen LogP contribution in [0.3, 0.4) is 0 Å². The predicted molar refractivity (Wildman–Crippen MR) is 198 cm³/mol. The van der Waals surface area contributed by atoms with Crippen LogP contribution in [0, 0.1) is 0 Å². The minimum absolute atomic E-state index is 0.159. The molecule has 0 spiro atoms. The molecule has 0 bridgehead atoms. The molecule has 26 heteroatoms. The number of nitrogens with zero attached hydrogens (tertiary/aromatic N) is 1. The molecule has 1 saturated heterocycles. The van der Waals surface area contributed by atoms with Gasteiger partial charge in [0, 0.05) is 37.9 Å². The number of carboxylic acids is 3. The lowest BCUT2D eigenvalue weighted by atomic mass is 10.1. The number of likely N-dealkylation sites (N-methyl/N-ethyl adjacent to an activating group) is 1. The Bertz CT molecular complexity index is 1490. The molecule has 0 radical (unpaired) electrons. The molecule has 0 saturated carbocycles. The summed E-state index contributed by atoms with van der Waals surface area (Å²) >= 11 is 0. The molecular formula is C31H48N8O16S2. The molecule has 1 rings (SSSR count). The topological polar surface area (TPSA) is 368 Å². The van der Waals surface area contributed by atoms with Gasteiger partial charge in [0.05, 0.1) is 19.6 Å². The first kappa shape index (κ1) is 49.6. The average Bonchev–Trinajstić information content (AvgIpc) is 3.66. The maximum absolute atomic E-state index is 12.8. The first-order valence-corrected chi connectivity index (χ1v) is 19.8. The Morgan fingerprint density at radius 2 is 1.32 bits per heavy atom. The van der Waals surface area contributed by atoms with E-state index in [1.165, 1.54) is 18.9 Å². The van der Waals surface area contributed by atoms with Crippen LogP contribution in [0.5, 0.6) is 0 Å². The molecule has 7 amide bonds. The van der Waals surface area contributed by atoms with Crippen LogP contribution in [0.1, 0.15) is 45.4 Å². The number of likely N-dealkylation sites (tertiary alicyclic amines) is 1. The zero-order valence-electron chi connectivity index (χ0n) is 31.1. The summed E-state index contributed by atoms with van der Waals surface area (Å²) in [5, 5.41) is 40.9. The van der Waals surface area contributed by atoms with Crippen LogP contribution in [0.25, 0.3) is 0 Å². The number of carbonyl (C=O) groups excluding carboxylic acids is 8. The Kier molecular flexibility index (Phi) is 23.1. The zero-order chi connectivity index (χ0) is 43.1. The van der Waals surface area contributed by atoms with Crippen LogP contribution in [-0.4, -0.2) is 167 Å². The maximum Gasteiger partial charge on any atom is 0.509 e. The average molecular weight is 853 g/mol. The Balaban J connectivity index is 2.55. The molecule has 1 aliphatic heterocycles. The highest BCUT2D eigenvalue weighted by Gasteiger charge is 2.37. The summed E-state index contributed by atoms with van der Waals surface area (Å²) in [5.74, 6) is -9.55. The molecule has 1 fully saturated rings. The molecule has 0 aliphatic carbocycles. The number of nitrogens with one attached hydrogen (secondary N) is 6. The third-order valence-corrected chi connectivity index (χ3v) is 10.1. The van der Waals surface area contributed by atoms with Crippen LogP contribution < -0.4 is 37.6 Å². The molecule has 5 unspecified atom stereocenters. The molecule has 11 N–H and O–H groups in total. The fourth-order valence-electron chi connectivity index (χ4n) is 4.84. The van der Waals surface area contributed by atoms with E-state index in [4.69, 9.17) is 25.4 Å². The van der Waals surface area contributed by atoms with E-state index in [2.05, 4.69) is 31.9 Å². The van der Waals surface area contributed by atoms with Gasteiger partial charge in [-0.3, -0.25) is 43.2 Å². The highest BCUT2D eigenvalue weighted by atomic mass is 33.1. The highest BCUT2D eigenvalue weighted by Crippen LogP contribution is 2.22. The first-order chi connectivity index (χ1) is 26.9. The van der Waals surface area contributed by atoms with E-state index < -0.39 is 129 Å². The van der Waals surface area contributed by atoms with Gasteiger partial charge >= 0.3 is 24.1 Å². The molecule has 0 aromatic carbocycles. The molecule has 57 heavy (non-hydrogen) atoms. The van der Waals surface area contributed by atoms with Gasteiger partial charge in [-0.25, -0.2) is 9.59 Å². The molecule has 0 aromatic rings. The number of carboxylic acid groups (broad SMARTS) is 3. The summed E-state index contributed by atoms with van der Waals surface area (Å²) in [5.41, 5.74) is 5.20. The highest BCUT2D eigenvalue weighted by molar-refractivity contribution is 8.76. The largest absolute Gasteiger partial charge is 0.509 e. The van der Waals surface area contributed by atoms with Gasteiger partial charge in [-0.2, -0.15) is 0 Å². The van der Waals surface area contributed by atoms with Gasteiger partial charge in [0.25, 0.3) is 5.91 Å². The third-order valence-electron chi connectivity index (χ3n) is 7.67. The summed E-state index contributed by atoms with van der Waals surface area (Å²) in [6.45, 7) is -0.541. The van der Waals surface area contributed by atoms with E-state index >= 15 is 0 Å². The molecule has 1 heterocycles. The van der Waals surface area contributed by atoms with Crippen LogP contribution in [0.2, 0.25) is 0 Å². The number of hydrogen-bond donors (Lipinski definition) is 10. The summed E-state index contributed by atoms with van der Waals surface area (Å²) in [7, 11) is 3.54. The van der Waals surface area contributed by atoms with Crippen LogP contribution >= 0.6 is 21.6 Å². The Labute approximate surface area is 333 Å². The molecule has 24 nitrogen and oxygen atoms in total. The standard InChI is InChI=1S/C31H48N8O16S2/c1-16(29(50)39-9-3-4-20(39)28(49)33-2)55-31(53)54-10-11-56-57-15-19(30(51)52)38-23(42)14-35-27(48)18(6-8-25(45)46)37-22(41)13-34-26(47)17(5-7-24(43)44)36-21(40)12-32/h16-20H,3-15,32H2,1-2H3,(H,33,49)(H,34,47)(H,35,48)(H,36,40)(H,37,41)(H,38,42)(H,43,44)(H,45,46)(H,51,52). The lowest BCUT2D eigenvalue weighted by Gasteiger charge is -2.25. The second-order valence-corrected chi connectivity index (χ2v) is 14.6. The number of ether oxygens (including phenoxy) is 2. The van der Waals surface area contributed by atoms with Gasteiger partial charge in [0.2, 0.25) is 35.4 Å². The van der Waals surface area contributed by atoms with Gasteiger partial charge < -0.3 is 67.3 Å². The van der Waals surface area contributed by atoms with E-state index in [0.29, 0.717) is 19.4 Å². The van der Waals surface area contributed by atoms with Crippen molar-refractivity contribution < 1.29 is 77.5 Å². The monoisotopic (exact) mass is 852 g/mol. The Hall–Kier alpha value is -5.37. The predicted octanol–water partition coefficient (Wildman–Crippen LogP) is -3.89. The van der Waals surface area contributed by atoms with Gasteiger partial charge in [0.1, 0.15) is 30.8 Å². The summed E-state index contributed by atoms with van der Waals surface area (Å²) in [6.07, 6.45) is -3.12. The van der Waals surface area contributed by atoms with Crippen molar-refractivity contribution in [2.75, 3.05) is 51.3 Å². The van der Waals surface area contributed by atoms with E-state index in [9.17, 15) is 57.8 Å². The van der Waals surface area contributed by atoms with Crippen LogP contribution in [0.4, 0.5) is 4.79 Å². The third kappa shape index (κ3) is 19.9. The van der Waals surface area contributed by atoms with E-state index in [-0.39, 0.29) is 30.4 Å². The van der Waals surface area contributed by atoms with E-state index in [1.807, 2.05) is 0 Å². The summed E-state index contributed by atoms with van der Waals surface area (Å²) in [6, 6.07) is -4.97. The first-order valence-electron chi connectivity index (χ1n) is 17.3. The smallest absolute Gasteiger partial charge is 0.481 e. The number of hydrogen-bond acceptors (Lipinski definition) is 16. The second kappa shape index (κ2) is 26.5. The van der Waals surface area contributed by atoms with Crippen molar-refractivity contribution in [3.05, 3.63) is 0 Å². The number of aliphatic carboxylic acids is 3. The summed E-state index contributed by atoms with van der Waals surface area (Å²) in [4.78, 5) is 134. The minimum Gasteiger partial charge on any atom is -0.481 e. The van der Waals surface area contributed by atoms with Crippen molar-refractivity contribution in [1.82, 2.24) is 36.8 Å². The fourth-order valence-corrected chi connectivity index (χ4v) is 6.82. The molecule has 1 aliphatic rings. The summed E-state index contributed by atoms with van der Waals surface area (Å²) < 4.78 is 9.96. The van der Waals surface area contributed by atoms with Crippen molar-refractivity contribution in [3.8, 4) is 0 Å². The second-order valence-electron chi connectivity index (χ2n) is 12.0. The van der Waals surface area contributed by atoms with Crippen molar-refractivity contribution in [3.63, 3.8) is 0 Å². The van der Waals surface area contributed by atoms with Crippen molar-refractivity contribution in [1.29, 1.82) is 0 Å². The number of amides is 7. The van der Waals surface area contributed by atoms with Gasteiger partial charge in [-0.15, -0.1) is 0 Å². The molecular weight excluding hydrogens is 805 g/mol. The minimum atomic E-state index is -1.52. The van der Waals surface area contributed by atoms with Gasteiger partial charge in [-0.05, 0) is 32.6 Å². The SMILES string of the molecule is CNC(=O)C1CCCN1C(=O)C(C)OC(=O)OCCSSCC(NC(=O)CNC(=O)C(CCC(=O)O)NC(=O)CNC(=O)C(CCC(=O)O)NC(=O)CN)C(=O)O. The molecule has 5 atom stereocenters. The van der Waals surface area contributed by atoms with Gasteiger partial charge in [0.15, 0.2) is 6.10 Å². The number of rotatable bonds is 26. The molecule has 0 aromatic heterocycles. The maximum atomic E-state index is 12.8. The van der Waals surface area contributed by atoms with Crippen molar-refractivity contribution >= 4 is 87.0 Å². The van der Waals surface area contributed by atoms with Crippen LogP contribution in [-0.2, 0) is 57.4 Å². The van der Waals surface area contributed by atoms with Crippen molar-refractivity contribution in [2.24, 2.45) is 5.73 Å². The van der Waals surface area contributed by atoms with E-state index in [1.54, 1.807) is 0 Å². The lowest BCUT2D eigenvalue weighted by Crippen LogP contribution is -2.54. The fraction of sp³-hybridized carbons (Fsp3) is 0.645. The zero-order valence-corrected chi connectivity index (χ0v) is 32.7. The van der Waals surface area contributed by atoms with Crippen molar-refractivity contribution in [2.45, 2.75) is 75.7 Å². The normalized spacial score (nSPS) is 15.4. The molecule has 320 valence electrons. The van der Waals surface area contributed by atoms with Crippen LogP contribution in [0.15, 0.2) is 0 Å². The van der Waals surface area contributed by atoms with Gasteiger partial charge in [-0.1, -0.05) is 21.6 Å². The Morgan fingerprint density at radius 3 is 1.81 bits per heavy atom. The lowest BCUT2D eigenvalue weighted by molar-refractivity contribution is -0.145. The number of nitrogens with two attached hydrogens (primary N) is 1. The quantitative estimate of drug-likeness (QED) is 0.0226. The van der Waals surface area contributed by atoms with E-state index in [0.717, 1.165) is 21.6 Å². The Morgan fingerprint density at radius 1 is 0.789 bits per heavy atom.